The maximum Gasteiger partial charge on any atom is 0.289 e. The van der Waals surface area contributed by atoms with Crippen LogP contribution in [-0.2, 0) is 0 Å². The number of benzene rings is 2. The number of aromatic nitrogens is 2. The molecule has 2 N–H and O–H groups in total. The molecule has 0 radical (unpaired) electrons. The molecule has 0 saturated carbocycles. The number of carbonyl (C=O) groups is 1. The van der Waals surface area contributed by atoms with E-state index >= 15 is 0 Å². The zero-order valence-electron chi connectivity index (χ0n) is 15.2. The molecule has 0 spiro atoms. The van der Waals surface area contributed by atoms with Crippen molar-refractivity contribution in [3.05, 3.63) is 76.4 Å². The van der Waals surface area contributed by atoms with Crippen LogP contribution >= 0.6 is 15.9 Å². The normalized spacial score (nSPS) is 11.6. The summed E-state index contributed by atoms with van der Waals surface area (Å²) >= 11 is 3.40. The molecule has 0 fully saturated rings. The fourth-order valence-electron chi connectivity index (χ4n) is 2.46. The van der Waals surface area contributed by atoms with Gasteiger partial charge in [-0.1, -0.05) is 42.5 Å². The largest absolute Gasteiger partial charge is 0.494 e. The molecule has 1 heterocycles. The number of halogens is 1. The van der Waals surface area contributed by atoms with Crippen molar-refractivity contribution in [2.24, 2.45) is 5.10 Å². The third-order valence-corrected chi connectivity index (χ3v) is 4.16. The highest BCUT2D eigenvalue weighted by Crippen LogP contribution is 2.22. The van der Waals surface area contributed by atoms with Crippen molar-refractivity contribution in [3.8, 4) is 17.0 Å². The minimum absolute atomic E-state index is 0.317. The Kier molecular flexibility index (Phi) is 6.75. The Morgan fingerprint density at radius 1 is 1.21 bits per heavy atom. The zero-order chi connectivity index (χ0) is 19.8. The monoisotopic (exact) mass is 438 g/mol. The van der Waals surface area contributed by atoms with Gasteiger partial charge in [0.15, 0.2) is 0 Å². The van der Waals surface area contributed by atoms with Crippen LogP contribution in [0.2, 0.25) is 0 Å². The van der Waals surface area contributed by atoms with Gasteiger partial charge in [-0.3, -0.25) is 9.89 Å². The summed E-state index contributed by atoms with van der Waals surface area (Å²) in [6.07, 6.45) is 3.42. The molecule has 0 bridgehead atoms. The smallest absolute Gasteiger partial charge is 0.289 e. The van der Waals surface area contributed by atoms with Crippen LogP contribution in [0.4, 0.5) is 0 Å². The molecule has 7 heteroatoms. The highest BCUT2D eigenvalue weighted by Gasteiger charge is 2.11. The molecule has 3 rings (SSSR count). The Labute approximate surface area is 171 Å². The number of carbonyl (C=O) groups excluding carboxylic acids is 1. The van der Waals surface area contributed by atoms with Crippen LogP contribution in [-0.4, -0.2) is 28.9 Å². The fraction of sp³-hybridized carbons (Fsp3) is 0.0952. The first kappa shape index (κ1) is 19.6. The van der Waals surface area contributed by atoms with Gasteiger partial charge in [-0.15, -0.1) is 0 Å². The maximum absolute atomic E-state index is 12.2. The number of rotatable bonds is 7. The maximum atomic E-state index is 12.2. The lowest BCUT2D eigenvalue weighted by Crippen LogP contribution is -2.17. The minimum atomic E-state index is -0.379. The average Bonchev–Trinajstić information content (AvgIpc) is 3.20. The summed E-state index contributed by atoms with van der Waals surface area (Å²) in [4.78, 5) is 12.2. The second kappa shape index (κ2) is 9.66. The van der Waals surface area contributed by atoms with E-state index in [9.17, 15) is 4.79 Å². The summed E-state index contributed by atoms with van der Waals surface area (Å²) in [6.45, 7) is 2.52. The molecule has 142 valence electrons. The summed E-state index contributed by atoms with van der Waals surface area (Å²) in [5, 5.41) is 10.9. The van der Waals surface area contributed by atoms with Gasteiger partial charge >= 0.3 is 0 Å². The van der Waals surface area contributed by atoms with Crippen LogP contribution in [0.15, 0.2) is 70.2 Å². The van der Waals surface area contributed by atoms with Gasteiger partial charge in [0, 0.05) is 10.0 Å². The van der Waals surface area contributed by atoms with Crippen molar-refractivity contribution >= 4 is 34.1 Å². The number of ether oxygens (including phenoxy) is 1. The SMILES string of the molecule is CCOc1cccc(-c2cc(C(=O)N/N=C/C(Br)=C/c3ccccc3)[nH]n2)c1. The summed E-state index contributed by atoms with van der Waals surface area (Å²) in [5.41, 5.74) is 5.33. The quantitative estimate of drug-likeness (QED) is 0.416. The number of amides is 1. The number of hydrogen-bond donors (Lipinski definition) is 2. The van der Waals surface area contributed by atoms with E-state index in [-0.39, 0.29) is 5.91 Å². The lowest BCUT2D eigenvalue weighted by atomic mass is 10.1. The Morgan fingerprint density at radius 3 is 2.82 bits per heavy atom. The van der Waals surface area contributed by atoms with Crippen molar-refractivity contribution in [3.63, 3.8) is 0 Å². The molecule has 1 amide bonds. The standard InChI is InChI=1S/C21H19BrN4O2/c1-2-28-18-10-6-9-16(12-18)19-13-20(25-24-19)21(27)26-23-14-17(22)11-15-7-4-3-5-8-15/h3-14H,2H2,1H3,(H,24,25)(H,26,27)/b17-11-,23-14+. The van der Waals surface area contributed by atoms with Gasteiger partial charge in [-0.25, -0.2) is 5.43 Å². The van der Waals surface area contributed by atoms with Gasteiger partial charge in [0.1, 0.15) is 11.4 Å². The van der Waals surface area contributed by atoms with Crippen molar-refractivity contribution in [2.45, 2.75) is 6.92 Å². The van der Waals surface area contributed by atoms with Crippen LogP contribution < -0.4 is 10.2 Å². The first-order chi connectivity index (χ1) is 13.7. The number of hydrazone groups is 1. The molecule has 3 aromatic rings. The molecule has 0 unspecified atom stereocenters. The van der Waals surface area contributed by atoms with E-state index in [2.05, 4.69) is 36.7 Å². The van der Waals surface area contributed by atoms with Crippen molar-refractivity contribution in [1.29, 1.82) is 0 Å². The second-order valence-corrected chi connectivity index (χ2v) is 6.68. The van der Waals surface area contributed by atoms with Gasteiger partial charge in [0.05, 0.1) is 18.5 Å². The minimum Gasteiger partial charge on any atom is -0.494 e. The number of nitrogens with zero attached hydrogens (tertiary/aromatic N) is 2. The first-order valence-corrected chi connectivity index (χ1v) is 9.49. The van der Waals surface area contributed by atoms with Crippen molar-refractivity contribution in [2.75, 3.05) is 6.61 Å². The lowest BCUT2D eigenvalue weighted by molar-refractivity contribution is 0.0950. The number of aromatic amines is 1. The highest BCUT2D eigenvalue weighted by molar-refractivity contribution is 9.12. The van der Waals surface area contributed by atoms with Crippen LogP contribution in [0.5, 0.6) is 5.75 Å². The molecular weight excluding hydrogens is 420 g/mol. The molecular formula is C21H19BrN4O2. The van der Waals surface area contributed by atoms with Gasteiger partial charge in [0.25, 0.3) is 5.91 Å². The van der Waals surface area contributed by atoms with Gasteiger partial charge in [-0.2, -0.15) is 10.2 Å². The molecule has 0 aliphatic rings. The predicted octanol–water partition coefficient (Wildman–Crippen LogP) is 4.63. The molecule has 0 aliphatic carbocycles. The lowest BCUT2D eigenvalue weighted by Gasteiger charge is -2.03. The topological polar surface area (TPSA) is 79.4 Å². The van der Waals surface area contributed by atoms with E-state index in [1.165, 1.54) is 6.21 Å². The van der Waals surface area contributed by atoms with Crippen molar-refractivity contribution in [1.82, 2.24) is 15.6 Å². The molecule has 6 nitrogen and oxygen atoms in total. The molecule has 0 saturated heterocycles. The summed E-state index contributed by atoms with van der Waals surface area (Å²) in [5.74, 6) is 0.379. The zero-order valence-corrected chi connectivity index (χ0v) is 16.8. The summed E-state index contributed by atoms with van der Waals surface area (Å²) in [6, 6.07) is 19.0. The average molecular weight is 439 g/mol. The molecule has 0 aliphatic heterocycles. The van der Waals surface area contributed by atoms with Gasteiger partial charge in [0.2, 0.25) is 0 Å². The molecule has 28 heavy (non-hydrogen) atoms. The van der Waals surface area contributed by atoms with Crippen molar-refractivity contribution < 1.29 is 9.53 Å². The Balaban J connectivity index is 1.63. The van der Waals surface area contributed by atoms with E-state index < -0.39 is 0 Å². The number of allylic oxidation sites excluding steroid dienone is 1. The molecule has 2 aromatic carbocycles. The van der Waals surface area contributed by atoms with Crippen LogP contribution in [0.1, 0.15) is 23.0 Å². The molecule has 1 aromatic heterocycles. The van der Waals surface area contributed by atoms with E-state index in [4.69, 9.17) is 4.74 Å². The highest BCUT2D eigenvalue weighted by atomic mass is 79.9. The third kappa shape index (κ3) is 5.40. The summed E-state index contributed by atoms with van der Waals surface area (Å²) < 4.78 is 6.23. The molecule has 0 atom stereocenters. The number of nitrogens with one attached hydrogen (secondary N) is 2. The van der Waals surface area contributed by atoms with Crippen LogP contribution in [0.3, 0.4) is 0 Å². The van der Waals surface area contributed by atoms with E-state index in [1.54, 1.807) is 6.07 Å². The summed E-state index contributed by atoms with van der Waals surface area (Å²) in [7, 11) is 0. The third-order valence-electron chi connectivity index (χ3n) is 3.72. The Morgan fingerprint density at radius 2 is 2.04 bits per heavy atom. The van der Waals surface area contributed by atoms with Crippen LogP contribution in [0, 0.1) is 0 Å². The number of hydrogen-bond acceptors (Lipinski definition) is 4. The Hall–Kier alpha value is -3.19. The fourth-order valence-corrected chi connectivity index (χ4v) is 2.82. The second-order valence-electron chi connectivity index (χ2n) is 5.77. The first-order valence-electron chi connectivity index (χ1n) is 8.70. The predicted molar refractivity (Wildman–Crippen MR) is 114 cm³/mol. The van der Waals surface area contributed by atoms with E-state index in [0.717, 1.165) is 21.4 Å². The van der Waals surface area contributed by atoms with Gasteiger partial charge < -0.3 is 4.74 Å². The Bertz CT molecular complexity index is 996. The van der Waals surface area contributed by atoms with E-state index in [0.29, 0.717) is 18.0 Å². The van der Waals surface area contributed by atoms with E-state index in [1.807, 2.05) is 67.6 Å². The van der Waals surface area contributed by atoms with Gasteiger partial charge in [-0.05, 0) is 52.7 Å². The van der Waals surface area contributed by atoms with Crippen LogP contribution in [0.25, 0.3) is 17.3 Å². The number of H-pyrrole nitrogens is 1.